The molecule has 0 radical (unpaired) electrons. The maximum absolute atomic E-state index is 12.3. The SMILES string of the molecule is CCn1cc(C(=O)OCCO)c(=O)c2cc(Br)cnc21. The Balaban J connectivity index is 2.64. The van der Waals surface area contributed by atoms with Crippen molar-refractivity contribution in [1.82, 2.24) is 9.55 Å². The van der Waals surface area contributed by atoms with Crippen LogP contribution in [-0.2, 0) is 11.3 Å². The first-order valence-electron chi connectivity index (χ1n) is 6.05. The van der Waals surface area contributed by atoms with E-state index in [9.17, 15) is 9.59 Å². The third kappa shape index (κ3) is 2.73. The molecule has 0 bridgehead atoms. The number of aliphatic hydroxyl groups excluding tert-OH is 1. The number of ether oxygens (including phenoxy) is 1. The fraction of sp³-hybridized carbons (Fsp3) is 0.308. The summed E-state index contributed by atoms with van der Waals surface area (Å²) in [7, 11) is 0. The minimum Gasteiger partial charge on any atom is -0.460 e. The molecule has 0 saturated carbocycles. The molecule has 2 aromatic heterocycles. The summed E-state index contributed by atoms with van der Waals surface area (Å²) in [4.78, 5) is 28.4. The number of halogens is 1. The van der Waals surface area contributed by atoms with E-state index in [1.165, 1.54) is 6.20 Å². The van der Waals surface area contributed by atoms with Crippen LogP contribution in [0.5, 0.6) is 0 Å². The van der Waals surface area contributed by atoms with Gasteiger partial charge in [0.1, 0.15) is 17.8 Å². The predicted molar refractivity (Wildman–Crippen MR) is 76.7 cm³/mol. The van der Waals surface area contributed by atoms with Gasteiger partial charge in [-0.25, -0.2) is 9.78 Å². The second-order valence-electron chi connectivity index (χ2n) is 4.04. The molecule has 0 aliphatic carbocycles. The zero-order chi connectivity index (χ0) is 14.7. The molecule has 0 aliphatic heterocycles. The van der Waals surface area contributed by atoms with Crippen LogP contribution in [-0.4, -0.2) is 33.8 Å². The van der Waals surface area contributed by atoms with E-state index in [4.69, 9.17) is 9.84 Å². The number of rotatable bonds is 4. The van der Waals surface area contributed by atoms with Gasteiger partial charge >= 0.3 is 5.97 Å². The Morgan fingerprint density at radius 2 is 2.30 bits per heavy atom. The maximum Gasteiger partial charge on any atom is 0.343 e. The van der Waals surface area contributed by atoms with Crippen LogP contribution in [0.15, 0.2) is 27.7 Å². The number of aliphatic hydroxyl groups is 1. The molecule has 2 aromatic rings. The Labute approximate surface area is 123 Å². The molecule has 0 saturated heterocycles. The van der Waals surface area contributed by atoms with Gasteiger partial charge in [0.2, 0.25) is 5.43 Å². The molecule has 1 N–H and O–H groups in total. The van der Waals surface area contributed by atoms with Crippen molar-refractivity contribution in [2.75, 3.05) is 13.2 Å². The molecule has 7 heteroatoms. The lowest BCUT2D eigenvalue weighted by atomic mass is 10.2. The zero-order valence-corrected chi connectivity index (χ0v) is 12.4. The molecule has 0 aromatic carbocycles. The lowest BCUT2D eigenvalue weighted by Crippen LogP contribution is -2.22. The van der Waals surface area contributed by atoms with Gasteiger partial charge in [0, 0.05) is 23.4 Å². The quantitative estimate of drug-likeness (QED) is 0.849. The number of pyridine rings is 2. The molecule has 0 unspecified atom stereocenters. The first-order valence-corrected chi connectivity index (χ1v) is 6.84. The van der Waals surface area contributed by atoms with Crippen molar-refractivity contribution in [2.45, 2.75) is 13.5 Å². The molecule has 0 amide bonds. The summed E-state index contributed by atoms with van der Waals surface area (Å²) in [5.74, 6) is -0.742. The summed E-state index contributed by atoms with van der Waals surface area (Å²) in [6, 6.07) is 1.62. The second-order valence-corrected chi connectivity index (χ2v) is 4.96. The smallest absolute Gasteiger partial charge is 0.343 e. The number of hydrogen-bond acceptors (Lipinski definition) is 5. The summed E-state index contributed by atoms with van der Waals surface area (Å²) < 4.78 is 7.17. The third-order valence-corrected chi connectivity index (χ3v) is 3.20. The van der Waals surface area contributed by atoms with Crippen LogP contribution in [0, 0.1) is 0 Å². The predicted octanol–water partition coefficient (Wildman–Crippen LogP) is 1.33. The average molecular weight is 341 g/mol. The van der Waals surface area contributed by atoms with Crippen molar-refractivity contribution >= 4 is 32.9 Å². The Bertz CT molecular complexity index is 711. The standard InChI is InChI=1S/C13H13BrN2O4/c1-2-16-7-10(13(19)20-4-3-17)11(18)9-5-8(14)6-15-12(9)16/h5-7,17H,2-4H2,1H3. The molecule has 0 aliphatic rings. The lowest BCUT2D eigenvalue weighted by molar-refractivity contribution is 0.0431. The summed E-state index contributed by atoms with van der Waals surface area (Å²) in [6.07, 6.45) is 3.03. The Kier molecular flexibility index (Phi) is 4.51. The molecule has 2 rings (SSSR count). The molecule has 6 nitrogen and oxygen atoms in total. The summed E-state index contributed by atoms with van der Waals surface area (Å²) >= 11 is 3.26. The van der Waals surface area contributed by atoms with Gasteiger partial charge in [-0.1, -0.05) is 0 Å². The van der Waals surface area contributed by atoms with E-state index in [-0.39, 0.29) is 18.8 Å². The van der Waals surface area contributed by atoms with Gasteiger partial charge in [-0.3, -0.25) is 4.79 Å². The van der Waals surface area contributed by atoms with Gasteiger partial charge in [-0.05, 0) is 28.9 Å². The van der Waals surface area contributed by atoms with Gasteiger partial charge in [0.15, 0.2) is 0 Å². The van der Waals surface area contributed by atoms with Gasteiger partial charge in [0.25, 0.3) is 0 Å². The third-order valence-electron chi connectivity index (χ3n) is 2.76. The number of fused-ring (bicyclic) bond motifs is 1. The minimum atomic E-state index is -0.742. The highest BCUT2D eigenvalue weighted by molar-refractivity contribution is 9.10. The number of esters is 1. The van der Waals surface area contributed by atoms with Crippen molar-refractivity contribution in [2.24, 2.45) is 0 Å². The van der Waals surface area contributed by atoms with Crippen LogP contribution in [0.4, 0.5) is 0 Å². The van der Waals surface area contributed by atoms with E-state index in [1.54, 1.807) is 16.8 Å². The van der Waals surface area contributed by atoms with Gasteiger partial charge < -0.3 is 14.4 Å². The van der Waals surface area contributed by atoms with Gasteiger partial charge in [0.05, 0.1) is 12.0 Å². The van der Waals surface area contributed by atoms with Crippen molar-refractivity contribution in [3.05, 3.63) is 38.7 Å². The van der Waals surface area contributed by atoms with E-state index in [0.29, 0.717) is 22.1 Å². The molecule has 20 heavy (non-hydrogen) atoms. The van der Waals surface area contributed by atoms with Crippen LogP contribution in [0.1, 0.15) is 17.3 Å². The van der Waals surface area contributed by atoms with Crippen molar-refractivity contribution in [3.63, 3.8) is 0 Å². The molecular weight excluding hydrogens is 328 g/mol. The van der Waals surface area contributed by atoms with Gasteiger partial charge in [-0.2, -0.15) is 0 Å². The zero-order valence-electron chi connectivity index (χ0n) is 10.8. The molecule has 2 heterocycles. The average Bonchev–Trinajstić information content (AvgIpc) is 2.45. The van der Waals surface area contributed by atoms with E-state index in [1.807, 2.05) is 6.92 Å². The fourth-order valence-corrected chi connectivity index (χ4v) is 2.18. The number of aromatic nitrogens is 2. The summed E-state index contributed by atoms with van der Waals surface area (Å²) in [5.41, 5.74) is 0.0218. The van der Waals surface area contributed by atoms with E-state index in [0.717, 1.165) is 0 Å². The first kappa shape index (κ1) is 14.7. The molecule has 0 fully saturated rings. The molecular formula is C13H13BrN2O4. The number of carbonyl (C=O) groups is 1. The largest absolute Gasteiger partial charge is 0.460 e. The molecule has 106 valence electrons. The monoisotopic (exact) mass is 340 g/mol. The topological polar surface area (TPSA) is 81.4 Å². The summed E-state index contributed by atoms with van der Waals surface area (Å²) in [5, 5.41) is 9.01. The maximum atomic E-state index is 12.3. The van der Waals surface area contributed by atoms with Crippen LogP contribution < -0.4 is 5.43 Å². The van der Waals surface area contributed by atoms with Crippen LogP contribution >= 0.6 is 15.9 Å². The molecule has 0 spiro atoms. The second kappa shape index (κ2) is 6.15. The highest BCUT2D eigenvalue weighted by Crippen LogP contribution is 2.15. The Hall–Kier alpha value is -1.73. The number of aryl methyl sites for hydroxylation is 1. The Morgan fingerprint density at radius 3 is 2.95 bits per heavy atom. The van der Waals surface area contributed by atoms with Crippen LogP contribution in [0.2, 0.25) is 0 Å². The Morgan fingerprint density at radius 1 is 1.55 bits per heavy atom. The van der Waals surface area contributed by atoms with E-state index < -0.39 is 11.4 Å². The van der Waals surface area contributed by atoms with E-state index in [2.05, 4.69) is 20.9 Å². The van der Waals surface area contributed by atoms with E-state index >= 15 is 0 Å². The minimum absolute atomic E-state index is 0.0623. The van der Waals surface area contributed by atoms with Crippen molar-refractivity contribution in [3.8, 4) is 0 Å². The normalized spacial score (nSPS) is 10.8. The first-order chi connectivity index (χ1) is 9.58. The number of hydrogen-bond donors (Lipinski definition) is 1. The fourth-order valence-electron chi connectivity index (χ4n) is 1.85. The number of nitrogens with zero attached hydrogens (tertiary/aromatic N) is 2. The lowest BCUT2D eigenvalue weighted by Gasteiger charge is -2.10. The summed E-state index contributed by atoms with van der Waals surface area (Å²) in [6.45, 7) is 2.02. The van der Waals surface area contributed by atoms with Crippen molar-refractivity contribution in [1.29, 1.82) is 0 Å². The highest BCUT2D eigenvalue weighted by atomic mass is 79.9. The molecule has 0 atom stereocenters. The number of carbonyl (C=O) groups excluding carboxylic acids is 1. The highest BCUT2D eigenvalue weighted by Gasteiger charge is 2.17. The van der Waals surface area contributed by atoms with Gasteiger partial charge in [-0.15, -0.1) is 0 Å². The van der Waals surface area contributed by atoms with Crippen LogP contribution in [0.3, 0.4) is 0 Å². The van der Waals surface area contributed by atoms with Crippen molar-refractivity contribution < 1.29 is 14.6 Å². The van der Waals surface area contributed by atoms with Crippen LogP contribution in [0.25, 0.3) is 11.0 Å².